The van der Waals surface area contributed by atoms with E-state index in [9.17, 15) is 4.79 Å². The third-order valence-corrected chi connectivity index (χ3v) is 4.99. The summed E-state index contributed by atoms with van der Waals surface area (Å²) in [5, 5.41) is 5.31. The number of benzene rings is 2. The maximum atomic E-state index is 13.2. The van der Waals surface area contributed by atoms with Crippen molar-refractivity contribution in [2.75, 3.05) is 13.7 Å². The van der Waals surface area contributed by atoms with Crippen LogP contribution in [0.5, 0.6) is 5.75 Å². The molecule has 0 unspecified atom stereocenters. The molecule has 6 heteroatoms. The molecule has 4 aromatic rings. The molecule has 0 aliphatic carbocycles. The van der Waals surface area contributed by atoms with E-state index in [-0.39, 0.29) is 6.61 Å². The number of hydrogen-bond donors (Lipinski definition) is 0. The Labute approximate surface area is 175 Å². The van der Waals surface area contributed by atoms with E-state index in [0.29, 0.717) is 17.8 Å². The Morgan fingerprint density at radius 3 is 2.37 bits per heavy atom. The first-order chi connectivity index (χ1) is 14.7. The Morgan fingerprint density at radius 1 is 1.00 bits per heavy atom. The zero-order valence-corrected chi connectivity index (χ0v) is 17.3. The summed E-state index contributed by atoms with van der Waals surface area (Å²) in [4.78, 5) is 18.0. The molecule has 0 aliphatic heterocycles. The van der Waals surface area contributed by atoms with Crippen LogP contribution in [0.25, 0.3) is 33.4 Å². The monoisotopic (exact) mass is 401 g/mol. The summed E-state index contributed by atoms with van der Waals surface area (Å²) in [7, 11) is 1.62. The lowest BCUT2D eigenvalue weighted by atomic mass is 9.93. The van der Waals surface area contributed by atoms with Gasteiger partial charge in [0.05, 0.1) is 31.2 Å². The summed E-state index contributed by atoms with van der Waals surface area (Å²) in [6.45, 7) is 4.77. The molecule has 0 atom stereocenters. The number of carbonyl (C=O) groups is 1. The maximum absolute atomic E-state index is 13.2. The SMILES string of the molecule is CCOC(=O)c1c(-c2ccc(OC)cc2)nc2c(cnn2CC)c1-c1ccccc1. The number of esters is 1. The van der Waals surface area contributed by atoms with E-state index in [4.69, 9.17) is 14.5 Å². The maximum Gasteiger partial charge on any atom is 0.341 e. The van der Waals surface area contributed by atoms with Crippen molar-refractivity contribution in [2.24, 2.45) is 0 Å². The van der Waals surface area contributed by atoms with E-state index < -0.39 is 5.97 Å². The van der Waals surface area contributed by atoms with Crippen LogP contribution in [0.3, 0.4) is 0 Å². The number of pyridine rings is 1. The summed E-state index contributed by atoms with van der Waals surface area (Å²) in [6, 6.07) is 17.3. The molecule has 0 fully saturated rings. The average molecular weight is 401 g/mol. The van der Waals surface area contributed by atoms with Gasteiger partial charge in [0.1, 0.15) is 5.75 Å². The van der Waals surface area contributed by atoms with E-state index in [1.807, 2.05) is 66.2 Å². The lowest BCUT2D eigenvalue weighted by Gasteiger charge is -2.16. The topological polar surface area (TPSA) is 66.2 Å². The quantitative estimate of drug-likeness (QED) is 0.427. The largest absolute Gasteiger partial charge is 0.497 e. The first kappa shape index (κ1) is 19.6. The molecule has 152 valence electrons. The fourth-order valence-electron chi connectivity index (χ4n) is 3.58. The second-order valence-electron chi connectivity index (χ2n) is 6.72. The molecule has 6 nitrogen and oxygen atoms in total. The molecule has 0 bridgehead atoms. The molecule has 4 rings (SSSR count). The van der Waals surface area contributed by atoms with Crippen molar-refractivity contribution in [1.82, 2.24) is 14.8 Å². The predicted octanol–water partition coefficient (Wildman–Crippen LogP) is 4.97. The molecule has 2 heterocycles. The molecule has 0 saturated heterocycles. The molecule has 0 N–H and O–H groups in total. The van der Waals surface area contributed by atoms with Gasteiger partial charge in [0.2, 0.25) is 0 Å². The molecule has 30 heavy (non-hydrogen) atoms. The summed E-state index contributed by atoms with van der Waals surface area (Å²) in [6.07, 6.45) is 1.77. The van der Waals surface area contributed by atoms with Gasteiger partial charge >= 0.3 is 5.97 Å². The van der Waals surface area contributed by atoms with Crippen molar-refractivity contribution in [3.8, 4) is 28.1 Å². The minimum atomic E-state index is -0.402. The molecule has 2 aromatic heterocycles. The lowest BCUT2D eigenvalue weighted by Crippen LogP contribution is -2.11. The molecule has 0 amide bonds. The zero-order chi connectivity index (χ0) is 21.1. The minimum Gasteiger partial charge on any atom is -0.497 e. The second kappa shape index (κ2) is 8.37. The van der Waals surface area contributed by atoms with Gasteiger partial charge in [-0.05, 0) is 43.7 Å². The number of aryl methyl sites for hydroxylation is 1. The van der Waals surface area contributed by atoms with Crippen molar-refractivity contribution in [3.63, 3.8) is 0 Å². The molecular formula is C24H23N3O3. The highest BCUT2D eigenvalue weighted by Gasteiger charge is 2.26. The van der Waals surface area contributed by atoms with Gasteiger partial charge in [-0.15, -0.1) is 0 Å². The van der Waals surface area contributed by atoms with E-state index in [1.54, 1.807) is 20.2 Å². The zero-order valence-electron chi connectivity index (χ0n) is 17.3. The fourth-order valence-corrected chi connectivity index (χ4v) is 3.58. The Balaban J connectivity index is 2.10. The second-order valence-corrected chi connectivity index (χ2v) is 6.72. The van der Waals surface area contributed by atoms with E-state index >= 15 is 0 Å². The molecule has 0 saturated carbocycles. The molecule has 0 radical (unpaired) electrons. The first-order valence-corrected chi connectivity index (χ1v) is 9.94. The van der Waals surface area contributed by atoms with E-state index in [0.717, 1.165) is 33.5 Å². The number of ether oxygens (including phenoxy) is 2. The molecule has 0 spiro atoms. The van der Waals surface area contributed by atoms with Crippen LogP contribution >= 0.6 is 0 Å². The van der Waals surface area contributed by atoms with Crippen molar-refractivity contribution >= 4 is 17.0 Å². The van der Waals surface area contributed by atoms with Crippen molar-refractivity contribution in [2.45, 2.75) is 20.4 Å². The number of aromatic nitrogens is 3. The van der Waals surface area contributed by atoms with Crippen LogP contribution in [0.2, 0.25) is 0 Å². The van der Waals surface area contributed by atoms with Crippen molar-refractivity contribution in [1.29, 1.82) is 0 Å². The van der Waals surface area contributed by atoms with Gasteiger partial charge in [-0.1, -0.05) is 30.3 Å². The Hall–Kier alpha value is -3.67. The smallest absolute Gasteiger partial charge is 0.341 e. The normalized spacial score (nSPS) is 10.9. The van der Waals surface area contributed by atoms with Crippen molar-refractivity contribution in [3.05, 3.63) is 66.4 Å². The van der Waals surface area contributed by atoms with E-state index in [1.165, 1.54) is 0 Å². The summed E-state index contributed by atoms with van der Waals surface area (Å²) in [5.74, 6) is 0.334. The molecular weight excluding hydrogens is 378 g/mol. The third-order valence-electron chi connectivity index (χ3n) is 4.99. The highest BCUT2D eigenvalue weighted by atomic mass is 16.5. The Kier molecular flexibility index (Phi) is 5.48. The van der Waals surface area contributed by atoms with Gasteiger partial charge in [0.15, 0.2) is 5.65 Å². The molecule has 0 aliphatic rings. The molecule has 2 aromatic carbocycles. The van der Waals surface area contributed by atoms with Crippen LogP contribution < -0.4 is 4.74 Å². The number of fused-ring (bicyclic) bond motifs is 1. The van der Waals surface area contributed by atoms with Crippen molar-refractivity contribution < 1.29 is 14.3 Å². The van der Waals surface area contributed by atoms with E-state index in [2.05, 4.69) is 5.10 Å². The number of carbonyl (C=O) groups excluding carboxylic acids is 1. The number of hydrogen-bond acceptors (Lipinski definition) is 5. The third kappa shape index (κ3) is 3.41. The van der Waals surface area contributed by atoms with Gasteiger partial charge in [0, 0.05) is 23.1 Å². The van der Waals surface area contributed by atoms with Crippen LogP contribution in [0.15, 0.2) is 60.8 Å². The predicted molar refractivity (Wildman–Crippen MR) is 117 cm³/mol. The summed E-state index contributed by atoms with van der Waals surface area (Å²) >= 11 is 0. The van der Waals surface area contributed by atoms with Crippen LogP contribution in [0.1, 0.15) is 24.2 Å². The van der Waals surface area contributed by atoms with Crippen LogP contribution in [0.4, 0.5) is 0 Å². The highest BCUT2D eigenvalue weighted by molar-refractivity contribution is 6.10. The Bertz CT molecular complexity index is 1180. The van der Waals surface area contributed by atoms with Crippen LogP contribution in [-0.2, 0) is 11.3 Å². The number of methoxy groups -OCH3 is 1. The minimum absolute atomic E-state index is 0.279. The summed E-state index contributed by atoms with van der Waals surface area (Å²) in [5.41, 5.74) is 4.24. The number of rotatable bonds is 6. The standard InChI is InChI=1S/C24H23N3O3/c1-4-27-23-19(15-25-27)20(16-9-7-6-8-10-16)21(24(28)30-5-2)22(26-23)17-11-13-18(29-3)14-12-17/h6-15H,4-5H2,1-3H3. The van der Waals surface area contributed by atoms with Gasteiger partial charge in [-0.2, -0.15) is 5.10 Å². The van der Waals surface area contributed by atoms with Gasteiger partial charge in [0.25, 0.3) is 0 Å². The first-order valence-electron chi connectivity index (χ1n) is 9.94. The van der Waals surface area contributed by atoms with Crippen LogP contribution in [-0.4, -0.2) is 34.5 Å². The lowest BCUT2D eigenvalue weighted by molar-refractivity contribution is 0.0528. The van der Waals surface area contributed by atoms with Gasteiger partial charge in [-0.25, -0.2) is 14.5 Å². The highest BCUT2D eigenvalue weighted by Crippen LogP contribution is 2.37. The van der Waals surface area contributed by atoms with Gasteiger partial charge in [-0.3, -0.25) is 0 Å². The van der Waals surface area contributed by atoms with Crippen LogP contribution in [0, 0.1) is 0 Å². The fraction of sp³-hybridized carbons (Fsp3) is 0.208. The summed E-state index contributed by atoms with van der Waals surface area (Å²) < 4.78 is 12.6. The average Bonchev–Trinajstić information content (AvgIpc) is 3.21. The Morgan fingerprint density at radius 2 is 1.73 bits per heavy atom. The number of nitrogens with zero attached hydrogens (tertiary/aromatic N) is 3. The van der Waals surface area contributed by atoms with Gasteiger partial charge < -0.3 is 9.47 Å².